The van der Waals surface area contributed by atoms with Crippen molar-refractivity contribution in [3.8, 4) is 11.3 Å². The lowest BCUT2D eigenvalue weighted by Gasteiger charge is -2.19. The normalized spacial score (nSPS) is 11.0. The summed E-state index contributed by atoms with van der Waals surface area (Å²) in [6, 6.07) is 9.28. The van der Waals surface area contributed by atoms with Crippen LogP contribution in [0.1, 0.15) is 24.2 Å². The number of hydrogen-bond donors (Lipinski definition) is 2. The zero-order chi connectivity index (χ0) is 16.2. The van der Waals surface area contributed by atoms with E-state index in [4.69, 9.17) is 5.11 Å². The van der Waals surface area contributed by atoms with Gasteiger partial charge in [0.25, 0.3) is 5.91 Å². The second-order valence-electron chi connectivity index (χ2n) is 5.52. The van der Waals surface area contributed by atoms with E-state index in [1.54, 1.807) is 13.8 Å². The molecule has 0 bridgehead atoms. The van der Waals surface area contributed by atoms with Gasteiger partial charge < -0.3 is 10.4 Å². The molecule has 0 radical (unpaired) electrons. The van der Waals surface area contributed by atoms with Gasteiger partial charge in [-0.1, -0.05) is 30.3 Å². The van der Waals surface area contributed by atoms with Crippen molar-refractivity contribution in [3.05, 3.63) is 48.4 Å². The Morgan fingerprint density at radius 1 is 1.23 bits per heavy atom. The molecule has 6 heteroatoms. The highest BCUT2D eigenvalue weighted by Gasteiger charge is 2.28. The zero-order valence-corrected chi connectivity index (χ0v) is 12.4. The first-order chi connectivity index (χ1) is 10.4. The van der Waals surface area contributed by atoms with Crippen molar-refractivity contribution in [1.82, 2.24) is 15.3 Å². The van der Waals surface area contributed by atoms with Gasteiger partial charge in [-0.3, -0.25) is 9.59 Å². The van der Waals surface area contributed by atoms with Crippen molar-refractivity contribution >= 4 is 11.9 Å². The van der Waals surface area contributed by atoms with Gasteiger partial charge in [0, 0.05) is 18.3 Å². The Morgan fingerprint density at radius 2 is 1.91 bits per heavy atom. The molecule has 0 unspecified atom stereocenters. The Morgan fingerprint density at radius 3 is 2.55 bits per heavy atom. The van der Waals surface area contributed by atoms with Crippen molar-refractivity contribution < 1.29 is 14.7 Å². The lowest BCUT2D eigenvalue weighted by molar-refractivity contribution is -0.146. The Bertz CT molecular complexity index is 684. The number of carbonyl (C=O) groups excluding carboxylic acids is 1. The molecule has 0 saturated heterocycles. The van der Waals surface area contributed by atoms with E-state index in [1.807, 2.05) is 30.3 Å². The highest BCUT2D eigenvalue weighted by Crippen LogP contribution is 2.20. The number of nitrogens with zero attached hydrogens (tertiary/aromatic N) is 2. The number of hydrogen-bond acceptors (Lipinski definition) is 4. The SMILES string of the molecule is CC(C)(CNC(=O)c1cncnc1-c1ccccc1)C(=O)O. The first-order valence-electron chi connectivity index (χ1n) is 6.79. The molecule has 1 amide bonds. The molecule has 0 spiro atoms. The summed E-state index contributed by atoms with van der Waals surface area (Å²) in [6.45, 7) is 3.12. The summed E-state index contributed by atoms with van der Waals surface area (Å²) in [4.78, 5) is 31.5. The maximum atomic E-state index is 12.3. The number of aromatic nitrogens is 2. The van der Waals surface area contributed by atoms with Gasteiger partial charge in [0.2, 0.25) is 0 Å². The minimum Gasteiger partial charge on any atom is -0.481 e. The Labute approximate surface area is 128 Å². The highest BCUT2D eigenvalue weighted by atomic mass is 16.4. The Hall–Kier alpha value is -2.76. The van der Waals surface area contributed by atoms with E-state index in [-0.39, 0.29) is 6.54 Å². The average Bonchev–Trinajstić information content (AvgIpc) is 2.53. The molecule has 0 saturated carbocycles. The maximum absolute atomic E-state index is 12.3. The van der Waals surface area contributed by atoms with Gasteiger partial charge in [-0.2, -0.15) is 0 Å². The Kier molecular flexibility index (Phi) is 4.50. The molecule has 1 aromatic carbocycles. The fraction of sp³-hybridized carbons (Fsp3) is 0.250. The summed E-state index contributed by atoms with van der Waals surface area (Å²) in [6.07, 6.45) is 2.80. The van der Waals surface area contributed by atoms with Gasteiger partial charge in [-0.25, -0.2) is 9.97 Å². The maximum Gasteiger partial charge on any atom is 0.310 e. The third kappa shape index (κ3) is 3.46. The summed E-state index contributed by atoms with van der Waals surface area (Å²) in [5.41, 5.74) is 0.585. The number of amides is 1. The van der Waals surface area contributed by atoms with Crippen LogP contribution >= 0.6 is 0 Å². The molecule has 2 aromatic rings. The van der Waals surface area contributed by atoms with Crippen molar-refractivity contribution in [2.75, 3.05) is 6.54 Å². The van der Waals surface area contributed by atoms with Gasteiger partial charge in [0.15, 0.2) is 0 Å². The third-order valence-corrected chi connectivity index (χ3v) is 3.27. The summed E-state index contributed by atoms with van der Waals surface area (Å²) in [7, 11) is 0. The van der Waals surface area contributed by atoms with Crippen molar-refractivity contribution in [1.29, 1.82) is 0 Å². The number of carboxylic acid groups (broad SMARTS) is 1. The van der Waals surface area contributed by atoms with Crippen LogP contribution < -0.4 is 5.32 Å². The molecule has 0 aliphatic carbocycles. The molecule has 0 fully saturated rings. The fourth-order valence-electron chi connectivity index (χ4n) is 1.79. The van der Waals surface area contributed by atoms with Gasteiger partial charge in [-0.15, -0.1) is 0 Å². The minimum atomic E-state index is -1.04. The van der Waals surface area contributed by atoms with E-state index in [2.05, 4.69) is 15.3 Å². The Balaban J connectivity index is 2.23. The van der Waals surface area contributed by atoms with E-state index in [0.717, 1.165) is 5.56 Å². The molecular weight excluding hydrogens is 282 g/mol. The summed E-state index contributed by atoms with van der Waals surface area (Å²) >= 11 is 0. The number of carboxylic acids is 1. The standard InChI is InChI=1S/C16H17N3O3/c1-16(2,15(21)22)9-18-14(20)12-8-17-10-19-13(12)11-6-4-3-5-7-11/h3-8,10H,9H2,1-2H3,(H,18,20)(H,21,22). The van der Waals surface area contributed by atoms with Crippen LogP contribution in [0.2, 0.25) is 0 Å². The monoisotopic (exact) mass is 299 g/mol. The first-order valence-corrected chi connectivity index (χ1v) is 6.79. The van der Waals surface area contributed by atoms with Gasteiger partial charge in [-0.05, 0) is 13.8 Å². The number of benzene rings is 1. The molecular formula is C16H17N3O3. The molecule has 6 nitrogen and oxygen atoms in total. The van der Waals surface area contributed by atoms with E-state index < -0.39 is 17.3 Å². The predicted octanol–water partition coefficient (Wildman–Crippen LogP) is 1.98. The van der Waals surface area contributed by atoms with E-state index in [0.29, 0.717) is 11.3 Å². The van der Waals surface area contributed by atoms with Crippen molar-refractivity contribution in [3.63, 3.8) is 0 Å². The average molecular weight is 299 g/mol. The molecule has 0 aliphatic rings. The van der Waals surface area contributed by atoms with Crippen molar-refractivity contribution in [2.24, 2.45) is 5.41 Å². The zero-order valence-electron chi connectivity index (χ0n) is 12.4. The molecule has 2 rings (SSSR count). The van der Waals surface area contributed by atoms with E-state index in [1.165, 1.54) is 12.5 Å². The largest absolute Gasteiger partial charge is 0.481 e. The molecule has 114 valence electrons. The van der Waals surface area contributed by atoms with E-state index in [9.17, 15) is 9.59 Å². The molecule has 1 aromatic heterocycles. The van der Waals surface area contributed by atoms with Gasteiger partial charge >= 0.3 is 5.97 Å². The lowest BCUT2D eigenvalue weighted by Crippen LogP contribution is -2.39. The quantitative estimate of drug-likeness (QED) is 0.880. The van der Waals surface area contributed by atoms with Crippen LogP contribution in [0.4, 0.5) is 0 Å². The number of rotatable bonds is 5. The fourth-order valence-corrected chi connectivity index (χ4v) is 1.79. The van der Waals surface area contributed by atoms with Crippen LogP contribution in [0.25, 0.3) is 11.3 Å². The molecule has 1 heterocycles. The summed E-state index contributed by atoms with van der Waals surface area (Å²) in [5, 5.41) is 11.7. The van der Waals surface area contributed by atoms with Crippen LogP contribution in [0, 0.1) is 5.41 Å². The van der Waals surface area contributed by atoms with E-state index >= 15 is 0 Å². The van der Waals surface area contributed by atoms with Crippen LogP contribution in [0.15, 0.2) is 42.9 Å². The first kappa shape index (κ1) is 15.6. The number of carbonyl (C=O) groups is 2. The summed E-state index contributed by atoms with van der Waals surface area (Å²) in [5.74, 6) is -1.37. The second kappa shape index (κ2) is 6.34. The molecule has 0 atom stereocenters. The lowest BCUT2D eigenvalue weighted by atomic mass is 9.94. The van der Waals surface area contributed by atoms with Crippen LogP contribution in [-0.2, 0) is 4.79 Å². The highest BCUT2D eigenvalue weighted by molar-refractivity contribution is 5.99. The van der Waals surface area contributed by atoms with Crippen LogP contribution in [0.5, 0.6) is 0 Å². The molecule has 2 N–H and O–H groups in total. The third-order valence-electron chi connectivity index (χ3n) is 3.27. The smallest absolute Gasteiger partial charge is 0.310 e. The molecule has 22 heavy (non-hydrogen) atoms. The summed E-state index contributed by atoms with van der Waals surface area (Å²) < 4.78 is 0. The second-order valence-corrected chi connectivity index (χ2v) is 5.52. The van der Waals surface area contributed by atoms with Crippen molar-refractivity contribution in [2.45, 2.75) is 13.8 Å². The topological polar surface area (TPSA) is 92.2 Å². The molecule has 0 aliphatic heterocycles. The van der Waals surface area contributed by atoms with Crippen LogP contribution in [-0.4, -0.2) is 33.5 Å². The number of aliphatic carboxylic acids is 1. The van der Waals surface area contributed by atoms with Gasteiger partial charge in [0.1, 0.15) is 6.33 Å². The minimum absolute atomic E-state index is 0.0181. The number of nitrogens with one attached hydrogen (secondary N) is 1. The van der Waals surface area contributed by atoms with Gasteiger partial charge in [0.05, 0.1) is 16.7 Å². The predicted molar refractivity (Wildman–Crippen MR) is 81.2 cm³/mol. The van der Waals surface area contributed by atoms with Crippen LogP contribution in [0.3, 0.4) is 0 Å².